The molecule has 4 N–H and O–H groups in total. The van der Waals surface area contributed by atoms with Crippen molar-refractivity contribution in [3.8, 4) is 0 Å². The SMILES string of the molecule is CC(C)Nc1nc2cc(Cl)c(Cl)cc2n1[C@H]1O[C@@H](CO)C(O)C1O. The molecule has 1 fully saturated rings. The van der Waals surface area contributed by atoms with Crippen molar-refractivity contribution in [2.45, 2.75) is 44.4 Å². The van der Waals surface area contributed by atoms with Crippen molar-refractivity contribution < 1.29 is 20.1 Å². The number of fused-ring (bicyclic) bond motifs is 1. The summed E-state index contributed by atoms with van der Waals surface area (Å²) in [7, 11) is 0. The van der Waals surface area contributed by atoms with Crippen LogP contribution < -0.4 is 5.32 Å². The average Bonchev–Trinajstić information content (AvgIpc) is 2.97. The van der Waals surface area contributed by atoms with E-state index in [1.807, 2.05) is 13.8 Å². The minimum atomic E-state index is -1.22. The monoisotopic (exact) mass is 375 g/mol. The van der Waals surface area contributed by atoms with Crippen molar-refractivity contribution >= 4 is 40.2 Å². The maximum atomic E-state index is 10.4. The van der Waals surface area contributed by atoms with Crippen molar-refractivity contribution in [3.05, 3.63) is 22.2 Å². The molecule has 0 bridgehead atoms. The molecule has 132 valence electrons. The van der Waals surface area contributed by atoms with Gasteiger partial charge in [0.05, 0.1) is 27.7 Å². The highest BCUT2D eigenvalue weighted by Crippen LogP contribution is 2.37. The minimum absolute atomic E-state index is 0.0728. The lowest BCUT2D eigenvalue weighted by atomic mass is 10.1. The van der Waals surface area contributed by atoms with Gasteiger partial charge in [-0.3, -0.25) is 4.57 Å². The quantitative estimate of drug-likeness (QED) is 0.649. The van der Waals surface area contributed by atoms with Crippen LogP contribution in [0.4, 0.5) is 5.95 Å². The predicted molar refractivity (Wildman–Crippen MR) is 91.5 cm³/mol. The number of aromatic nitrogens is 2. The zero-order chi connectivity index (χ0) is 17.6. The summed E-state index contributed by atoms with van der Waals surface area (Å²) in [5.74, 6) is 0.452. The molecule has 1 aromatic heterocycles. The van der Waals surface area contributed by atoms with Crippen molar-refractivity contribution in [2.75, 3.05) is 11.9 Å². The van der Waals surface area contributed by atoms with Crippen LogP contribution >= 0.6 is 23.2 Å². The van der Waals surface area contributed by atoms with Crippen LogP contribution in [0.3, 0.4) is 0 Å². The van der Waals surface area contributed by atoms with Gasteiger partial charge in [0.15, 0.2) is 6.23 Å². The number of hydrogen-bond acceptors (Lipinski definition) is 6. The summed E-state index contributed by atoms with van der Waals surface area (Å²) in [6, 6.07) is 3.33. The van der Waals surface area contributed by atoms with E-state index in [1.54, 1.807) is 16.7 Å². The van der Waals surface area contributed by atoms with E-state index in [2.05, 4.69) is 10.3 Å². The third kappa shape index (κ3) is 2.96. The Morgan fingerprint density at radius 3 is 2.50 bits per heavy atom. The highest BCUT2D eigenvalue weighted by molar-refractivity contribution is 6.42. The maximum absolute atomic E-state index is 10.4. The molecule has 9 heteroatoms. The number of benzene rings is 1. The lowest BCUT2D eigenvalue weighted by molar-refractivity contribution is -0.0499. The first-order valence-corrected chi connectivity index (χ1v) is 8.35. The number of aliphatic hydroxyl groups excluding tert-OH is 3. The second-order valence-corrected chi connectivity index (χ2v) is 6.90. The molecule has 3 rings (SSSR count). The van der Waals surface area contributed by atoms with Crippen LogP contribution in [0.15, 0.2) is 12.1 Å². The third-order valence-electron chi connectivity index (χ3n) is 3.92. The number of nitrogens with one attached hydrogen (secondary N) is 1. The van der Waals surface area contributed by atoms with Crippen LogP contribution in [-0.4, -0.2) is 55.8 Å². The van der Waals surface area contributed by atoms with Gasteiger partial charge in [-0.25, -0.2) is 4.98 Å². The Kier molecular flexibility index (Phi) is 4.92. The van der Waals surface area contributed by atoms with Gasteiger partial charge in [-0.2, -0.15) is 0 Å². The fraction of sp³-hybridized carbons (Fsp3) is 0.533. The Morgan fingerprint density at radius 1 is 1.25 bits per heavy atom. The summed E-state index contributed by atoms with van der Waals surface area (Å²) in [5.41, 5.74) is 1.17. The molecule has 1 aromatic carbocycles. The number of rotatable bonds is 4. The lowest BCUT2D eigenvalue weighted by Gasteiger charge is -2.21. The summed E-state index contributed by atoms with van der Waals surface area (Å²) >= 11 is 12.2. The lowest BCUT2D eigenvalue weighted by Crippen LogP contribution is -2.33. The topological polar surface area (TPSA) is 99.8 Å². The summed E-state index contributed by atoms with van der Waals surface area (Å²) in [4.78, 5) is 4.48. The number of hydrogen-bond donors (Lipinski definition) is 4. The molecule has 4 atom stereocenters. The van der Waals surface area contributed by atoms with Gasteiger partial charge in [-0.15, -0.1) is 0 Å². The van der Waals surface area contributed by atoms with Crippen LogP contribution in [0.5, 0.6) is 0 Å². The van der Waals surface area contributed by atoms with E-state index in [0.29, 0.717) is 27.0 Å². The minimum Gasteiger partial charge on any atom is -0.394 e. The van der Waals surface area contributed by atoms with E-state index in [4.69, 9.17) is 27.9 Å². The number of halogens is 2. The van der Waals surface area contributed by atoms with E-state index in [-0.39, 0.29) is 6.04 Å². The second-order valence-electron chi connectivity index (χ2n) is 6.09. The summed E-state index contributed by atoms with van der Waals surface area (Å²) < 4.78 is 7.26. The Balaban J connectivity index is 2.15. The number of ether oxygens (including phenoxy) is 1. The van der Waals surface area contributed by atoms with Crippen molar-refractivity contribution in [1.82, 2.24) is 9.55 Å². The van der Waals surface area contributed by atoms with E-state index in [1.165, 1.54) is 0 Å². The smallest absolute Gasteiger partial charge is 0.206 e. The zero-order valence-corrected chi connectivity index (χ0v) is 14.7. The third-order valence-corrected chi connectivity index (χ3v) is 4.64. The molecule has 0 radical (unpaired) electrons. The van der Waals surface area contributed by atoms with Crippen molar-refractivity contribution in [3.63, 3.8) is 0 Å². The van der Waals surface area contributed by atoms with Gasteiger partial charge < -0.3 is 25.4 Å². The van der Waals surface area contributed by atoms with Gasteiger partial charge in [0.25, 0.3) is 0 Å². The molecule has 7 nitrogen and oxygen atoms in total. The van der Waals surface area contributed by atoms with Gasteiger partial charge in [-0.05, 0) is 26.0 Å². The molecule has 2 heterocycles. The van der Waals surface area contributed by atoms with Crippen LogP contribution in [0.1, 0.15) is 20.1 Å². The molecule has 0 aliphatic carbocycles. The number of nitrogens with zero attached hydrogens (tertiary/aromatic N) is 2. The molecule has 1 saturated heterocycles. The number of aliphatic hydroxyl groups is 3. The largest absolute Gasteiger partial charge is 0.394 e. The second kappa shape index (κ2) is 6.67. The summed E-state index contributed by atoms with van der Waals surface area (Å²) in [6.45, 7) is 3.49. The van der Waals surface area contributed by atoms with Gasteiger partial charge >= 0.3 is 0 Å². The molecular formula is C15H19Cl2N3O4. The first kappa shape index (κ1) is 17.7. The molecular weight excluding hydrogens is 357 g/mol. The summed E-state index contributed by atoms with van der Waals surface area (Å²) in [5, 5.41) is 33.6. The van der Waals surface area contributed by atoms with Crippen LogP contribution in [0, 0.1) is 0 Å². The highest BCUT2D eigenvalue weighted by atomic mass is 35.5. The number of imidazole rings is 1. The van der Waals surface area contributed by atoms with E-state index in [0.717, 1.165) is 0 Å². The normalized spacial score (nSPS) is 27.3. The molecule has 0 saturated carbocycles. The first-order valence-electron chi connectivity index (χ1n) is 7.59. The van der Waals surface area contributed by atoms with Gasteiger partial charge in [0.2, 0.25) is 5.95 Å². The molecule has 0 amide bonds. The molecule has 1 aliphatic rings. The standard InChI is InChI=1S/C15H19Cl2N3O4/c1-6(2)18-15-19-9-3-7(16)8(17)4-10(9)20(15)14-13(23)12(22)11(5-21)24-14/h3-4,6,11-14,21-23H,5H2,1-2H3,(H,18,19)/t11-,12?,13?,14-/m0/s1. The Hall–Kier alpha value is -1.09. The molecule has 1 aliphatic heterocycles. The maximum Gasteiger partial charge on any atom is 0.206 e. The van der Waals surface area contributed by atoms with Crippen LogP contribution in [0.25, 0.3) is 11.0 Å². The Labute approximate surface area is 148 Å². The van der Waals surface area contributed by atoms with Crippen LogP contribution in [0.2, 0.25) is 10.0 Å². The van der Waals surface area contributed by atoms with Crippen molar-refractivity contribution in [1.29, 1.82) is 0 Å². The average molecular weight is 376 g/mol. The zero-order valence-electron chi connectivity index (χ0n) is 13.1. The fourth-order valence-electron chi connectivity index (χ4n) is 2.80. The van der Waals surface area contributed by atoms with Gasteiger partial charge in [0.1, 0.15) is 18.3 Å². The van der Waals surface area contributed by atoms with E-state index >= 15 is 0 Å². The van der Waals surface area contributed by atoms with E-state index in [9.17, 15) is 15.3 Å². The molecule has 0 spiro atoms. The van der Waals surface area contributed by atoms with Crippen LogP contribution in [-0.2, 0) is 4.74 Å². The Bertz CT molecular complexity index is 752. The molecule has 2 unspecified atom stereocenters. The number of anilines is 1. The molecule has 24 heavy (non-hydrogen) atoms. The van der Waals surface area contributed by atoms with Gasteiger partial charge in [-0.1, -0.05) is 23.2 Å². The van der Waals surface area contributed by atoms with E-state index < -0.39 is 31.1 Å². The first-order chi connectivity index (χ1) is 11.3. The highest BCUT2D eigenvalue weighted by Gasteiger charge is 2.44. The Morgan fingerprint density at radius 2 is 1.92 bits per heavy atom. The van der Waals surface area contributed by atoms with Crippen molar-refractivity contribution in [2.24, 2.45) is 0 Å². The fourth-order valence-corrected chi connectivity index (χ4v) is 3.12. The van der Waals surface area contributed by atoms with Gasteiger partial charge in [0, 0.05) is 6.04 Å². The summed E-state index contributed by atoms with van der Waals surface area (Å²) in [6.07, 6.45) is -4.22. The molecule has 2 aromatic rings. The predicted octanol–water partition coefficient (Wildman–Crippen LogP) is 1.77.